The molecule has 0 aromatic rings. The molecule has 0 bridgehead atoms. The molecule has 0 heterocycles. The van der Waals surface area contributed by atoms with Crippen LogP contribution in [0.1, 0.15) is 33.6 Å². The van der Waals surface area contributed by atoms with Crippen molar-refractivity contribution >= 4 is 0 Å². The van der Waals surface area contributed by atoms with Crippen LogP contribution in [0.2, 0.25) is 0 Å². The van der Waals surface area contributed by atoms with Gasteiger partial charge in [0.1, 0.15) is 0 Å². The van der Waals surface area contributed by atoms with E-state index in [1.807, 2.05) is 0 Å². The van der Waals surface area contributed by atoms with Crippen LogP contribution in [0, 0.1) is 5.41 Å². The Balaban J connectivity index is 3.58. The fourth-order valence-electron chi connectivity index (χ4n) is 0.655. The van der Waals surface area contributed by atoms with E-state index >= 15 is 0 Å². The highest BCUT2D eigenvalue weighted by atomic mass is 17.2. The van der Waals surface area contributed by atoms with Crippen LogP contribution >= 0.6 is 0 Å². The van der Waals surface area contributed by atoms with Crippen LogP contribution < -0.4 is 0 Å². The first kappa shape index (κ1) is 9.92. The zero-order chi connectivity index (χ0) is 8.04. The van der Waals surface area contributed by atoms with E-state index in [9.17, 15) is 0 Å². The Hall–Kier alpha value is -0.0800. The average molecular weight is 146 g/mol. The minimum atomic E-state index is 0.288. The minimum absolute atomic E-state index is 0.288. The quantitative estimate of drug-likeness (QED) is 0.438. The topological polar surface area (TPSA) is 18.5 Å². The largest absolute Gasteiger partial charge is 0.240 e. The molecular weight excluding hydrogens is 128 g/mol. The molecule has 10 heavy (non-hydrogen) atoms. The molecule has 0 spiro atoms. The van der Waals surface area contributed by atoms with Gasteiger partial charge in [-0.1, -0.05) is 20.8 Å². The molecule has 0 amide bonds. The SMILES string of the molecule is CCC(C)(CC)COOC. The van der Waals surface area contributed by atoms with E-state index in [-0.39, 0.29) is 5.41 Å². The molecule has 0 saturated carbocycles. The van der Waals surface area contributed by atoms with Crippen LogP contribution in [0.25, 0.3) is 0 Å². The molecule has 0 fully saturated rings. The minimum Gasteiger partial charge on any atom is -0.240 e. The van der Waals surface area contributed by atoms with Crippen LogP contribution in [0.3, 0.4) is 0 Å². The van der Waals surface area contributed by atoms with E-state index < -0.39 is 0 Å². The third kappa shape index (κ3) is 3.18. The maximum atomic E-state index is 4.88. The molecule has 0 rings (SSSR count). The summed E-state index contributed by atoms with van der Waals surface area (Å²) in [6.45, 7) is 7.23. The maximum Gasteiger partial charge on any atom is 0.0875 e. The second-order valence-electron chi connectivity index (χ2n) is 2.95. The summed E-state index contributed by atoms with van der Waals surface area (Å²) < 4.78 is 0. The van der Waals surface area contributed by atoms with Crippen LogP contribution in [0.4, 0.5) is 0 Å². The van der Waals surface area contributed by atoms with Crippen molar-refractivity contribution in [1.29, 1.82) is 0 Å². The summed E-state index contributed by atoms with van der Waals surface area (Å²) in [5.74, 6) is 0. The van der Waals surface area contributed by atoms with Crippen molar-refractivity contribution in [2.75, 3.05) is 13.7 Å². The van der Waals surface area contributed by atoms with Crippen molar-refractivity contribution < 1.29 is 9.78 Å². The zero-order valence-electron chi connectivity index (χ0n) is 7.44. The summed E-state index contributed by atoms with van der Waals surface area (Å²) in [6.07, 6.45) is 2.26. The summed E-state index contributed by atoms with van der Waals surface area (Å²) in [6, 6.07) is 0. The van der Waals surface area contributed by atoms with E-state index in [0.29, 0.717) is 6.61 Å². The van der Waals surface area contributed by atoms with Crippen molar-refractivity contribution in [2.24, 2.45) is 5.41 Å². The van der Waals surface area contributed by atoms with Gasteiger partial charge >= 0.3 is 0 Å². The first-order chi connectivity index (χ1) is 4.68. The van der Waals surface area contributed by atoms with E-state index in [2.05, 4.69) is 25.7 Å². The molecule has 0 radical (unpaired) electrons. The lowest BCUT2D eigenvalue weighted by molar-refractivity contribution is -0.289. The fraction of sp³-hybridized carbons (Fsp3) is 1.00. The van der Waals surface area contributed by atoms with Gasteiger partial charge in [0, 0.05) is 0 Å². The van der Waals surface area contributed by atoms with Gasteiger partial charge in [0.2, 0.25) is 0 Å². The normalized spacial score (nSPS) is 12.0. The molecule has 2 heteroatoms. The standard InChI is InChI=1S/C8H18O2/c1-5-8(3,6-2)7-10-9-4/h5-7H2,1-4H3. The second-order valence-corrected chi connectivity index (χ2v) is 2.95. The van der Waals surface area contributed by atoms with Crippen LogP contribution in [0.5, 0.6) is 0 Å². The van der Waals surface area contributed by atoms with Crippen molar-refractivity contribution in [2.45, 2.75) is 33.6 Å². The predicted octanol–water partition coefficient (Wildman–Crippen LogP) is 2.39. The lowest BCUT2D eigenvalue weighted by atomic mass is 9.86. The predicted molar refractivity (Wildman–Crippen MR) is 41.7 cm³/mol. The Kier molecular flexibility index (Phi) is 4.65. The van der Waals surface area contributed by atoms with Crippen molar-refractivity contribution in [1.82, 2.24) is 0 Å². The smallest absolute Gasteiger partial charge is 0.0875 e. The average Bonchev–Trinajstić information content (AvgIpc) is 2.00. The molecule has 0 unspecified atom stereocenters. The summed E-state index contributed by atoms with van der Waals surface area (Å²) in [5.41, 5.74) is 0.288. The molecule has 0 aliphatic rings. The lowest BCUT2D eigenvalue weighted by Gasteiger charge is -2.24. The molecule has 0 atom stereocenters. The van der Waals surface area contributed by atoms with Gasteiger partial charge in [-0.2, -0.15) is 0 Å². The first-order valence-corrected chi connectivity index (χ1v) is 3.84. The van der Waals surface area contributed by atoms with Crippen molar-refractivity contribution in [3.05, 3.63) is 0 Å². The van der Waals surface area contributed by atoms with Crippen LogP contribution in [-0.4, -0.2) is 13.7 Å². The highest BCUT2D eigenvalue weighted by Crippen LogP contribution is 2.25. The maximum absolute atomic E-state index is 4.88. The van der Waals surface area contributed by atoms with Crippen molar-refractivity contribution in [3.8, 4) is 0 Å². The zero-order valence-corrected chi connectivity index (χ0v) is 7.44. The Morgan fingerprint density at radius 3 is 2.00 bits per heavy atom. The highest BCUT2D eigenvalue weighted by Gasteiger charge is 2.19. The van der Waals surface area contributed by atoms with Crippen LogP contribution in [0.15, 0.2) is 0 Å². The Labute approximate surface area is 63.5 Å². The Bertz CT molecular complexity index is 77.3. The van der Waals surface area contributed by atoms with E-state index in [1.54, 1.807) is 7.11 Å². The van der Waals surface area contributed by atoms with Gasteiger partial charge < -0.3 is 0 Å². The molecule has 0 saturated heterocycles. The van der Waals surface area contributed by atoms with E-state index in [1.165, 1.54) is 0 Å². The number of hydrogen-bond acceptors (Lipinski definition) is 2. The third-order valence-electron chi connectivity index (χ3n) is 2.23. The van der Waals surface area contributed by atoms with Gasteiger partial charge in [0.15, 0.2) is 0 Å². The van der Waals surface area contributed by atoms with E-state index in [0.717, 1.165) is 12.8 Å². The molecule has 2 nitrogen and oxygen atoms in total. The molecule has 0 aliphatic heterocycles. The first-order valence-electron chi connectivity index (χ1n) is 3.84. The molecule has 0 N–H and O–H groups in total. The summed E-state index contributed by atoms with van der Waals surface area (Å²) in [4.78, 5) is 9.42. The summed E-state index contributed by atoms with van der Waals surface area (Å²) >= 11 is 0. The Morgan fingerprint density at radius 2 is 1.70 bits per heavy atom. The molecule has 0 aliphatic carbocycles. The summed E-state index contributed by atoms with van der Waals surface area (Å²) in [7, 11) is 1.55. The number of hydrogen-bond donors (Lipinski definition) is 0. The molecular formula is C8H18O2. The van der Waals surface area contributed by atoms with E-state index in [4.69, 9.17) is 4.89 Å². The third-order valence-corrected chi connectivity index (χ3v) is 2.23. The van der Waals surface area contributed by atoms with Crippen molar-refractivity contribution in [3.63, 3.8) is 0 Å². The van der Waals surface area contributed by atoms with Gasteiger partial charge in [-0.15, -0.1) is 0 Å². The Morgan fingerprint density at radius 1 is 1.20 bits per heavy atom. The lowest BCUT2D eigenvalue weighted by Crippen LogP contribution is -2.20. The fourth-order valence-corrected chi connectivity index (χ4v) is 0.655. The second kappa shape index (κ2) is 4.69. The van der Waals surface area contributed by atoms with Gasteiger partial charge in [0.25, 0.3) is 0 Å². The van der Waals surface area contributed by atoms with Gasteiger partial charge in [-0.05, 0) is 18.3 Å². The highest BCUT2D eigenvalue weighted by molar-refractivity contribution is 4.68. The van der Waals surface area contributed by atoms with Gasteiger partial charge in [-0.25, -0.2) is 9.78 Å². The molecule has 62 valence electrons. The van der Waals surface area contributed by atoms with Gasteiger partial charge in [-0.3, -0.25) is 0 Å². The molecule has 0 aromatic carbocycles. The summed E-state index contributed by atoms with van der Waals surface area (Å²) in [5, 5.41) is 0. The monoisotopic (exact) mass is 146 g/mol. The number of rotatable bonds is 5. The van der Waals surface area contributed by atoms with Crippen LogP contribution in [-0.2, 0) is 9.78 Å². The molecule has 0 aromatic heterocycles. The van der Waals surface area contributed by atoms with Gasteiger partial charge in [0.05, 0.1) is 13.7 Å².